The van der Waals surface area contributed by atoms with Crippen LogP contribution in [0.1, 0.15) is 5.56 Å². The van der Waals surface area contributed by atoms with Gasteiger partial charge in [0.1, 0.15) is 0 Å². The van der Waals surface area contributed by atoms with Crippen molar-refractivity contribution in [1.29, 1.82) is 0 Å². The molecule has 0 amide bonds. The maximum absolute atomic E-state index is 10.8. The molecule has 0 aliphatic carbocycles. The third-order valence-electron chi connectivity index (χ3n) is 2.48. The molecule has 0 aliphatic rings. The zero-order valence-electron chi connectivity index (χ0n) is 10.8. The van der Waals surface area contributed by atoms with Gasteiger partial charge in [0.25, 0.3) is 5.69 Å². The number of anilines is 1. The number of hydrogen-bond acceptors (Lipinski definition) is 6. The fourth-order valence-corrected chi connectivity index (χ4v) is 1.77. The van der Waals surface area contributed by atoms with E-state index in [9.17, 15) is 10.1 Å². The van der Waals surface area contributed by atoms with Crippen LogP contribution in [0.15, 0.2) is 28.9 Å². The Balaban J connectivity index is 2.38. The third-order valence-corrected chi connectivity index (χ3v) is 3.14. The first-order chi connectivity index (χ1) is 9.51. The highest BCUT2D eigenvalue weighted by Crippen LogP contribution is 2.33. The normalized spacial score (nSPS) is 10.2. The maximum atomic E-state index is 10.8. The highest BCUT2D eigenvalue weighted by atomic mass is 79.9. The number of halogens is 1. The van der Waals surface area contributed by atoms with Crippen LogP contribution < -0.4 is 10.1 Å². The summed E-state index contributed by atoms with van der Waals surface area (Å²) >= 11 is 3.29. The van der Waals surface area contributed by atoms with Crippen LogP contribution in [0.2, 0.25) is 0 Å². The number of nitro groups is 1. The lowest BCUT2D eigenvalue weighted by Gasteiger charge is -2.09. The molecule has 0 bridgehead atoms. The number of nitrogens with zero attached hydrogens (tertiary/aromatic N) is 3. The fourth-order valence-electron chi connectivity index (χ4n) is 1.44. The molecule has 0 spiro atoms. The largest absolute Gasteiger partial charge is 0.437 e. The Morgan fingerprint density at radius 3 is 2.85 bits per heavy atom. The summed E-state index contributed by atoms with van der Waals surface area (Å²) in [5.74, 6) is 1.07. The minimum Gasteiger partial charge on any atom is -0.437 e. The summed E-state index contributed by atoms with van der Waals surface area (Å²) < 4.78 is 6.23. The van der Waals surface area contributed by atoms with Crippen molar-refractivity contribution in [2.24, 2.45) is 0 Å². The van der Waals surface area contributed by atoms with Crippen LogP contribution in [0, 0.1) is 17.0 Å². The molecule has 2 rings (SSSR count). The van der Waals surface area contributed by atoms with E-state index < -0.39 is 4.92 Å². The number of aromatic nitrogens is 2. The lowest BCUT2D eigenvalue weighted by molar-refractivity contribution is -0.384. The zero-order chi connectivity index (χ0) is 14.7. The Morgan fingerprint density at radius 1 is 1.45 bits per heavy atom. The van der Waals surface area contributed by atoms with Gasteiger partial charge in [0.2, 0.25) is 11.8 Å². The van der Waals surface area contributed by atoms with Crippen LogP contribution in [0.3, 0.4) is 0 Å². The summed E-state index contributed by atoms with van der Waals surface area (Å²) in [5, 5.41) is 13.6. The number of aryl methyl sites for hydroxylation is 1. The van der Waals surface area contributed by atoms with E-state index in [2.05, 4.69) is 31.2 Å². The van der Waals surface area contributed by atoms with E-state index in [1.54, 1.807) is 26.2 Å². The summed E-state index contributed by atoms with van der Waals surface area (Å²) in [7, 11) is 1.69. The van der Waals surface area contributed by atoms with Crippen molar-refractivity contribution in [1.82, 2.24) is 9.97 Å². The number of nitro benzene ring substituents is 1. The monoisotopic (exact) mass is 338 g/mol. The van der Waals surface area contributed by atoms with Gasteiger partial charge in [-0.3, -0.25) is 10.1 Å². The van der Waals surface area contributed by atoms with Gasteiger partial charge in [-0.15, -0.1) is 0 Å². The molecule has 0 saturated carbocycles. The van der Waals surface area contributed by atoms with Crippen molar-refractivity contribution in [2.45, 2.75) is 6.92 Å². The smallest absolute Gasteiger partial charge is 0.273 e. The van der Waals surface area contributed by atoms with E-state index in [1.807, 2.05) is 0 Å². The van der Waals surface area contributed by atoms with Gasteiger partial charge < -0.3 is 10.1 Å². The number of hydrogen-bond donors (Lipinski definition) is 1. The van der Waals surface area contributed by atoms with Gasteiger partial charge in [0, 0.05) is 24.9 Å². The topological polar surface area (TPSA) is 90.2 Å². The molecule has 0 aliphatic heterocycles. The number of benzene rings is 1. The Kier molecular flexibility index (Phi) is 4.14. The molecule has 1 N–H and O–H groups in total. The lowest BCUT2D eigenvalue weighted by atomic mass is 10.3. The van der Waals surface area contributed by atoms with Gasteiger partial charge in [-0.1, -0.05) is 0 Å². The van der Waals surface area contributed by atoms with Crippen molar-refractivity contribution in [2.75, 3.05) is 12.4 Å². The van der Waals surface area contributed by atoms with Crippen molar-refractivity contribution >= 4 is 27.6 Å². The molecule has 0 atom stereocenters. The summed E-state index contributed by atoms with van der Waals surface area (Å²) in [4.78, 5) is 18.5. The summed E-state index contributed by atoms with van der Waals surface area (Å²) in [6.07, 6.45) is 1.61. The first-order valence-electron chi connectivity index (χ1n) is 5.64. The molecule has 1 aromatic carbocycles. The average Bonchev–Trinajstić information content (AvgIpc) is 2.43. The van der Waals surface area contributed by atoms with Crippen LogP contribution in [0.5, 0.6) is 11.6 Å². The molecule has 2 aromatic rings. The lowest BCUT2D eigenvalue weighted by Crippen LogP contribution is -2.00. The highest BCUT2D eigenvalue weighted by Gasteiger charge is 2.13. The maximum Gasteiger partial charge on any atom is 0.273 e. The van der Waals surface area contributed by atoms with Crippen molar-refractivity contribution in [3.8, 4) is 11.6 Å². The summed E-state index contributed by atoms with van der Waals surface area (Å²) in [5.41, 5.74) is 0.672. The number of ether oxygens (including phenoxy) is 1. The average molecular weight is 339 g/mol. The molecular weight excluding hydrogens is 328 g/mol. The molecule has 1 heterocycles. The van der Waals surface area contributed by atoms with Gasteiger partial charge >= 0.3 is 0 Å². The molecule has 8 heteroatoms. The van der Waals surface area contributed by atoms with E-state index in [0.717, 1.165) is 5.56 Å². The van der Waals surface area contributed by atoms with Crippen molar-refractivity contribution < 1.29 is 9.66 Å². The summed E-state index contributed by atoms with van der Waals surface area (Å²) in [6, 6.07) is 4.29. The Morgan fingerprint density at radius 2 is 2.20 bits per heavy atom. The quantitative estimate of drug-likeness (QED) is 0.679. The molecule has 20 heavy (non-hydrogen) atoms. The van der Waals surface area contributed by atoms with Crippen LogP contribution in [-0.4, -0.2) is 21.9 Å². The number of rotatable bonds is 4. The fraction of sp³-hybridized carbons (Fsp3) is 0.167. The molecule has 104 valence electrons. The molecule has 0 radical (unpaired) electrons. The molecule has 0 saturated heterocycles. The van der Waals surface area contributed by atoms with Crippen molar-refractivity contribution in [3.63, 3.8) is 0 Å². The highest BCUT2D eigenvalue weighted by molar-refractivity contribution is 9.10. The van der Waals surface area contributed by atoms with E-state index in [-0.39, 0.29) is 5.69 Å². The standard InChI is InChI=1S/C12H11BrN4O3/c1-7-6-15-12(14-2)16-11(7)20-10-5-8(17(18)19)3-4-9(10)13/h3-6H,1-2H3,(H,14,15,16). The Labute approximate surface area is 123 Å². The van der Waals surface area contributed by atoms with Gasteiger partial charge in [0.05, 0.1) is 15.5 Å². The Bertz CT molecular complexity index is 663. The van der Waals surface area contributed by atoms with Crippen LogP contribution in [-0.2, 0) is 0 Å². The number of non-ortho nitro benzene ring substituents is 1. The SMILES string of the molecule is CNc1ncc(C)c(Oc2cc([N+](=O)[O-])ccc2Br)n1. The van der Waals surface area contributed by atoms with Gasteiger partial charge in [-0.2, -0.15) is 4.98 Å². The Hall–Kier alpha value is -2.22. The van der Waals surface area contributed by atoms with Gasteiger partial charge in [0.15, 0.2) is 5.75 Å². The predicted molar refractivity (Wildman–Crippen MR) is 77.2 cm³/mol. The van der Waals surface area contributed by atoms with E-state index in [0.29, 0.717) is 22.1 Å². The minimum absolute atomic E-state index is 0.0521. The molecule has 1 aromatic heterocycles. The summed E-state index contributed by atoms with van der Waals surface area (Å²) in [6.45, 7) is 1.79. The zero-order valence-corrected chi connectivity index (χ0v) is 12.3. The second kappa shape index (κ2) is 5.83. The van der Waals surface area contributed by atoms with Gasteiger partial charge in [-0.25, -0.2) is 4.98 Å². The second-order valence-corrected chi connectivity index (χ2v) is 4.76. The predicted octanol–water partition coefficient (Wildman–Crippen LogP) is 3.29. The third kappa shape index (κ3) is 3.02. The van der Waals surface area contributed by atoms with E-state index in [1.165, 1.54) is 12.1 Å². The second-order valence-electron chi connectivity index (χ2n) is 3.91. The van der Waals surface area contributed by atoms with E-state index in [4.69, 9.17) is 4.74 Å². The van der Waals surface area contributed by atoms with Crippen LogP contribution in [0.25, 0.3) is 0 Å². The van der Waals surface area contributed by atoms with Gasteiger partial charge in [-0.05, 0) is 28.9 Å². The minimum atomic E-state index is -0.481. The number of nitrogens with one attached hydrogen (secondary N) is 1. The van der Waals surface area contributed by atoms with Crippen molar-refractivity contribution in [3.05, 3.63) is 44.5 Å². The first-order valence-corrected chi connectivity index (χ1v) is 6.43. The van der Waals surface area contributed by atoms with E-state index >= 15 is 0 Å². The molecule has 7 nitrogen and oxygen atoms in total. The van der Waals surface area contributed by atoms with Crippen LogP contribution in [0.4, 0.5) is 11.6 Å². The van der Waals surface area contributed by atoms with Crippen LogP contribution >= 0.6 is 15.9 Å². The first kappa shape index (κ1) is 14.2. The molecular formula is C12H11BrN4O3. The molecule has 0 fully saturated rings. The molecule has 0 unspecified atom stereocenters.